The van der Waals surface area contributed by atoms with Gasteiger partial charge in [-0.15, -0.1) is 10.2 Å². The molecule has 0 spiro atoms. The molecule has 0 aliphatic heterocycles. The molecule has 1 N–H and O–H groups in total. The van der Waals surface area contributed by atoms with Crippen molar-refractivity contribution >= 4 is 11.6 Å². The lowest BCUT2D eigenvalue weighted by Gasteiger charge is -2.07. The predicted molar refractivity (Wildman–Crippen MR) is 95.9 cm³/mol. The molecule has 4 aromatic rings. The topological polar surface area (TPSA) is 107 Å². The van der Waals surface area contributed by atoms with Crippen LogP contribution in [0.5, 0.6) is 0 Å². The van der Waals surface area contributed by atoms with Gasteiger partial charge in [0.2, 0.25) is 5.91 Å². The average Bonchev–Trinajstić information content (AvgIpc) is 3.34. The van der Waals surface area contributed by atoms with Gasteiger partial charge in [-0.3, -0.25) is 14.0 Å². The van der Waals surface area contributed by atoms with Crippen molar-refractivity contribution in [1.29, 1.82) is 0 Å². The lowest BCUT2D eigenvalue weighted by molar-refractivity contribution is -0.121. The second-order valence-corrected chi connectivity index (χ2v) is 5.84. The van der Waals surface area contributed by atoms with E-state index in [-0.39, 0.29) is 18.0 Å². The molecule has 0 unspecified atom stereocenters. The Bertz CT molecular complexity index is 1130. The highest BCUT2D eigenvalue weighted by molar-refractivity contribution is 5.75. The Hall–Kier alpha value is -3.75. The fraction of sp³-hybridized carbons (Fsp3) is 0.167. The molecule has 0 bridgehead atoms. The number of carbonyl (C=O) groups excluding carboxylic acids is 1. The van der Waals surface area contributed by atoms with Crippen LogP contribution in [0, 0.1) is 0 Å². The minimum absolute atomic E-state index is 0.173. The highest BCUT2D eigenvalue weighted by Gasteiger charge is 2.10. The summed E-state index contributed by atoms with van der Waals surface area (Å²) in [5.41, 5.74) is 0.885. The van der Waals surface area contributed by atoms with Gasteiger partial charge in [0.25, 0.3) is 5.56 Å². The van der Waals surface area contributed by atoms with Crippen LogP contribution in [0.3, 0.4) is 0 Å². The Kier molecular flexibility index (Phi) is 4.48. The molecule has 0 aliphatic carbocycles. The van der Waals surface area contributed by atoms with Crippen molar-refractivity contribution in [3.8, 4) is 11.5 Å². The first-order chi connectivity index (χ1) is 13.2. The highest BCUT2D eigenvalue weighted by Crippen LogP contribution is 2.14. The fourth-order valence-corrected chi connectivity index (χ4v) is 2.68. The van der Waals surface area contributed by atoms with Crippen LogP contribution in [0.15, 0.2) is 64.1 Å². The molecule has 0 atom stereocenters. The summed E-state index contributed by atoms with van der Waals surface area (Å²) in [6.45, 7) is 0.203. The number of hydrogen-bond donors (Lipinski definition) is 1. The van der Waals surface area contributed by atoms with Crippen LogP contribution < -0.4 is 10.9 Å². The van der Waals surface area contributed by atoms with Gasteiger partial charge in [-0.25, -0.2) is 4.68 Å². The number of rotatable bonds is 6. The average molecular weight is 364 g/mol. The van der Waals surface area contributed by atoms with Crippen molar-refractivity contribution in [2.24, 2.45) is 0 Å². The minimum Gasteiger partial charge on any atom is -0.463 e. The molecule has 0 aliphatic rings. The van der Waals surface area contributed by atoms with Crippen molar-refractivity contribution < 1.29 is 9.21 Å². The number of carbonyl (C=O) groups is 1. The molecule has 1 amide bonds. The maximum atomic E-state index is 12.2. The van der Waals surface area contributed by atoms with E-state index < -0.39 is 0 Å². The van der Waals surface area contributed by atoms with Crippen molar-refractivity contribution in [2.45, 2.75) is 13.0 Å². The number of fused-ring (bicyclic) bond motifs is 1. The van der Waals surface area contributed by atoms with Gasteiger partial charge in [0.1, 0.15) is 18.1 Å². The van der Waals surface area contributed by atoms with Gasteiger partial charge >= 0.3 is 0 Å². The molecule has 136 valence electrons. The van der Waals surface area contributed by atoms with E-state index in [1.54, 1.807) is 18.2 Å². The first kappa shape index (κ1) is 16.7. The molecular formula is C18H16N6O3. The molecule has 0 saturated heterocycles. The van der Waals surface area contributed by atoms with E-state index in [4.69, 9.17) is 4.42 Å². The summed E-state index contributed by atoms with van der Waals surface area (Å²) in [4.78, 5) is 24.1. The summed E-state index contributed by atoms with van der Waals surface area (Å²) in [7, 11) is 0. The van der Waals surface area contributed by atoms with Crippen LogP contribution in [-0.4, -0.2) is 36.8 Å². The number of amides is 1. The van der Waals surface area contributed by atoms with Crippen LogP contribution >= 0.6 is 0 Å². The Balaban J connectivity index is 1.38. The monoisotopic (exact) mass is 364 g/mol. The van der Waals surface area contributed by atoms with Crippen molar-refractivity contribution in [3.05, 3.63) is 71.1 Å². The molecule has 9 nitrogen and oxygen atoms in total. The summed E-state index contributed by atoms with van der Waals surface area (Å²) in [5, 5.41) is 15.1. The van der Waals surface area contributed by atoms with E-state index >= 15 is 0 Å². The smallest absolute Gasteiger partial charge is 0.267 e. The summed E-state index contributed by atoms with van der Waals surface area (Å²) in [6, 6.07) is 12.0. The zero-order valence-corrected chi connectivity index (χ0v) is 14.3. The van der Waals surface area contributed by atoms with E-state index in [0.717, 1.165) is 16.2 Å². The van der Waals surface area contributed by atoms with Gasteiger partial charge in [0.05, 0.1) is 6.26 Å². The Morgan fingerprint density at radius 1 is 1.11 bits per heavy atom. The van der Waals surface area contributed by atoms with Crippen LogP contribution in [0.4, 0.5) is 0 Å². The van der Waals surface area contributed by atoms with Crippen LogP contribution in [-0.2, 0) is 17.8 Å². The number of nitrogens with zero attached hydrogens (tertiary/aromatic N) is 5. The summed E-state index contributed by atoms with van der Waals surface area (Å²) >= 11 is 0. The molecule has 4 rings (SSSR count). The molecular weight excluding hydrogens is 348 g/mol. The minimum atomic E-state index is -0.357. The quantitative estimate of drug-likeness (QED) is 0.545. The van der Waals surface area contributed by atoms with E-state index in [0.29, 0.717) is 24.4 Å². The van der Waals surface area contributed by atoms with Crippen LogP contribution in [0.1, 0.15) is 5.82 Å². The predicted octanol–water partition coefficient (Wildman–Crippen LogP) is 0.905. The van der Waals surface area contributed by atoms with Gasteiger partial charge in [-0.05, 0) is 30.3 Å². The maximum absolute atomic E-state index is 12.2. The van der Waals surface area contributed by atoms with Crippen LogP contribution in [0.2, 0.25) is 0 Å². The molecule has 9 heteroatoms. The summed E-state index contributed by atoms with van der Waals surface area (Å²) in [5.74, 6) is 0.971. The van der Waals surface area contributed by atoms with Gasteiger partial charge in [-0.2, -0.15) is 5.10 Å². The number of pyridine rings is 1. The standard InChI is InChI=1S/C18H16N6O3/c25-17(19-9-8-16-21-20-15-5-1-2-10-23(15)16)12-24-18(26)7-6-13(22-24)14-4-3-11-27-14/h1-7,10-11H,8-9,12H2,(H,19,25). The summed E-state index contributed by atoms with van der Waals surface area (Å²) < 4.78 is 8.24. The number of nitrogens with one attached hydrogen (secondary N) is 1. The SMILES string of the molecule is O=C(Cn1nc(-c2ccco2)ccc1=O)NCCc1nnc2ccccn12. The molecule has 0 fully saturated rings. The molecule has 0 aromatic carbocycles. The largest absolute Gasteiger partial charge is 0.463 e. The van der Waals surface area contributed by atoms with E-state index in [1.165, 1.54) is 12.3 Å². The molecule has 4 heterocycles. The Morgan fingerprint density at radius 2 is 2.04 bits per heavy atom. The fourth-order valence-electron chi connectivity index (χ4n) is 2.68. The maximum Gasteiger partial charge on any atom is 0.267 e. The van der Waals surface area contributed by atoms with Crippen LogP contribution in [0.25, 0.3) is 17.1 Å². The van der Waals surface area contributed by atoms with Gasteiger partial charge < -0.3 is 9.73 Å². The van der Waals surface area contributed by atoms with Gasteiger partial charge in [0.15, 0.2) is 11.4 Å². The molecule has 4 aromatic heterocycles. The van der Waals surface area contributed by atoms with Crippen molar-refractivity contribution in [3.63, 3.8) is 0 Å². The molecule has 0 saturated carbocycles. The van der Waals surface area contributed by atoms with Gasteiger partial charge in [0, 0.05) is 25.2 Å². The third-order valence-electron chi connectivity index (χ3n) is 3.99. The van der Waals surface area contributed by atoms with E-state index in [9.17, 15) is 9.59 Å². The lowest BCUT2D eigenvalue weighted by atomic mass is 10.3. The van der Waals surface area contributed by atoms with Gasteiger partial charge in [-0.1, -0.05) is 6.07 Å². The third-order valence-corrected chi connectivity index (χ3v) is 3.99. The zero-order valence-electron chi connectivity index (χ0n) is 14.3. The second-order valence-electron chi connectivity index (χ2n) is 5.84. The van der Waals surface area contributed by atoms with Crippen molar-refractivity contribution in [2.75, 3.05) is 6.54 Å². The Morgan fingerprint density at radius 3 is 2.89 bits per heavy atom. The second kappa shape index (κ2) is 7.24. The van der Waals surface area contributed by atoms with E-state index in [2.05, 4.69) is 20.6 Å². The van der Waals surface area contributed by atoms with E-state index in [1.807, 2.05) is 28.8 Å². The number of aromatic nitrogens is 5. The number of hydrogen-bond acceptors (Lipinski definition) is 6. The first-order valence-corrected chi connectivity index (χ1v) is 8.38. The molecule has 0 radical (unpaired) electrons. The summed E-state index contributed by atoms with van der Waals surface area (Å²) in [6.07, 6.45) is 3.91. The Labute approximate surface area is 153 Å². The third kappa shape index (κ3) is 3.61. The van der Waals surface area contributed by atoms with Crippen molar-refractivity contribution in [1.82, 2.24) is 29.7 Å². The number of furan rings is 1. The first-order valence-electron chi connectivity index (χ1n) is 8.38. The highest BCUT2D eigenvalue weighted by atomic mass is 16.3. The normalized spacial score (nSPS) is 11.0. The zero-order chi connectivity index (χ0) is 18.6. The lowest BCUT2D eigenvalue weighted by Crippen LogP contribution is -2.34. The molecule has 27 heavy (non-hydrogen) atoms.